The van der Waals surface area contributed by atoms with E-state index in [1.54, 1.807) is 36.4 Å². The first-order valence-corrected chi connectivity index (χ1v) is 8.72. The van der Waals surface area contributed by atoms with Gasteiger partial charge >= 0.3 is 5.97 Å². The van der Waals surface area contributed by atoms with Crippen molar-refractivity contribution in [2.45, 2.75) is 4.90 Å². The lowest BCUT2D eigenvalue weighted by molar-refractivity contribution is -0.142. The summed E-state index contributed by atoms with van der Waals surface area (Å²) in [5.41, 5.74) is 1.51. The molecule has 0 spiro atoms. The Morgan fingerprint density at radius 1 is 1.17 bits per heavy atom. The molecule has 2 aromatic carbocycles. The van der Waals surface area contributed by atoms with E-state index in [1.165, 1.54) is 17.8 Å². The Labute approximate surface area is 149 Å². The first-order chi connectivity index (χ1) is 11.6. The number of halogens is 1. The summed E-state index contributed by atoms with van der Waals surface area (Å²) in [6.45, 7) is -0.341. The molecular formula is C18H16ClNO3S. The highest BCUT2D eigenvalue weighted by atomic mass is 35.5. The van der Waals surface area contributed by atoms with E-state index in [0.717, 1.165) is 10.5 Å². The van der Waals surface area contributed by atoms with Crippen LogP contribution in [0.2, 0.25) is 5.02 Å². The number of ether oxygens (including phenoxy) is 1. The van der Waals surface area contributed by atoms with Crippen molar-refractivity contribution < 1.29 is 14.3 Å². The molecule has 0 aromatic heterocycles. The number of rotatable bonds is 6. The number of carbonyl (C=O) groups is 2. The van der Waals surface area contributed by atoms with Gasteiger partial charge in [-0.2, -0.15) is 0 Å². The van der Waals surface area contributed by atoms with Crippen LogP contribution in [0.25, 0.3) is 6.08 Å². The summed E-state index contributed by atoms with van der Waals surface area (Å²) in [7, 11) is 0. The van der Waals surface area contributed by atoms with Gasteiger partial charge in [-0.15, -0.1) is 11.8 Å². The summed E-state index contributed by atoms with van der Waals surface area (Å²) in [4.78, 5) is 24.4. The second-order valence-electron chi connectivity index (χ2n) is 4.74. The molecule has 124 valence electrons. The fourth-order valence-electron chi connectivity index (χ4n) is 1.86. The largest absolute Gasteiger partial charge is 0.452 e. The summed E-state index contributed by atoms with van der Waals surface area (Å²) in [6, 6.07) is 14.4. The molecule has 6 heteroatoms. The molecule has 2 aromatic rings. The van der Waals surface area contributed by atoms with Crippen molar-refractivity contribution in [1.29, 1.82) is 0 Å². The van der Waals surface area contributed by atoms with Gasteiger partial charge in [-0.3, -0.25) is 4.79 Å². The number of para-hydroxylation sites is 1. The lowest BCUT2D eigenvalue weighted by atomic mass is 10.2. The molecule has 24 heavy (non-hydrogen) atoms. The third kappa shape index (κ3) is 5.76. The van der Waals surface area contributed by atoms with Gasteiger partial charge in [0.25, 0.3) is 5.91 Å². The van der Waals surface area contributed by atoms with Gasteiger partial charge in [0.15, 0.2) is 6.61 Å². The number of nitrogens with one attached hydrogen (secondary N) is 1. The number of esters is 1. The Kier molecular flexibility index (Phi) is 6.90. The zero-order chi connectivity index (χ0) is 17.4. The van der Waals surface area contributed by atoms with E-state index in [2.05, 4.69) is 5.32 Å². The Bertz CT molecular complexity index is 744. The Balaban J connectivity index is 1.82. The van der Waals surface area contributed by atoms with Crippen LogP contribution in [-0.2, 0) is 14.3 Å². The van der Waals surface area contributed by atoms with Gasteiger partial charge < -0.3 is 10.1 Å². The minimum absolute atomic E-state index is 0.341. The van der Waals surface area contributed by atoms with Gasteiger partial charge in [-0.05, 0) is 42.2 Å². The summed E-state index contributed by atoms with van der Waals surface area (Å²) >= 11 is 7.31. The summed E-state index contributed by atoms with van der Waals surface area (Å²) in [5, 5.41) is 3.34. The standard InChI is InChI=1S/C18H16ClNO3S/c1-24-16-5-3-2-4-15(16)20-17(21)12-23-18(22)11-8-13-6-9-14(19)10-7-13/h2-11H,12H2,1H3,(H,20,21)/b11-8+. The highest BCUT2D eigenvalue weighted by Crippen LogP contribution is 2.24. The average Bonchev–Trinajstić information content (AvgIpc) is 2.60. The maximum atomic E-state index is 11.9. The summed E-state index contributed by atoms with van der Waals surface area (Å²) in [6.07, 6.45) is 4.79. The van der Waals surface area contributed by atoms with E-state index >= 15 is 0 Å². The van der Waals surface area contributed by atoms with Gasteiger partial charge in [-0.1, -0.05) is 35.9 Å². The van der Waals surface area contributed by atoms with Gasteiger partial charge in [-0.25, -0.2) is 4.79 Å². The Hall–Kier alpha value is -2.24. The number of anilines is 1. The zero-order valence-corrected chi connectivity index (χ0v) is 14.6. The van der Waals surface area contributed by atoms with Crippen LogP contribution in [0.15, 0.2) is 59.5 Å². The molecule has 0 atom stereocenters. The predicted octanol–water partition coefficient (Wildman–Crippen LogP) is 4.26. The third-order valence-corrected chi connectivity index (χ3v) is 4.06. The van der Waals surface area contributed by atoms with E-state index in [-0.39, 0.29) is 12.5 Å². The topological polar surface area (TPSA) is 55.4 Å². The maximum Gasteiger partial charge on any atom is 0.331 e. The third-order valence-electron chi connectivity index (χ3n) is 3.01. The van der Waals surface area contributed by atoms with Crippen LogP contribution < -0.4 is 5.32 Å². The fraction of sp³-hybridized carbons (Fsp3) is 0.111. The normalized spacial score (nSPS) is 10.6. The molecule has 0 aliphatic carbocycles. The van der Waals surface area contributed by atoms with Crippen LogP contribution in [0.1, 0.15) is 5.56 Å². The van der Waals surface area contributed by atoms with Crippen molar-refractivity contribution in [1.82, 2.24) is 0 Å². The quantitative estimate of drug-likeness (QED) is 0.474. The van der Waals surface area contributed by atoms with Crippen LogP contribution >= 0.6 is 23.4 Å². The summed E-state index contributed by atoms with van der Waals surface area (Å²) in [5.74, 6) is -0.969. The number of thioether (sulfide) groups is 1. The van der Waals surface area contributed by atoms with Crippen LogP contribution in [0, 0.1) is 0 Å². The second-order valence-corrected chi connectivity index (χ2v) is 6.03. The van der Waals surface area contributed by atoms with E-state index in [1.807, 2.05) is 24.5 Å². The Morgan fingerprint density at radius 2 is 1.88 bits per heavy atom. The van der Waals surface area contributed by atoms with Gasteiger partial charge in [0.2, 0.25) is 0 Å². The zero-order valence-electron chi connectivity index (χ0n) is 13.0. The molecule has 0 aliphatic rings. The van der Waals surface area contributed by atoms with Crippen molar-refractivity contribution in [2.75, 3.05) is 18.2 Å². The molecule has 0 aliphatic heterocycles. The smallest absolute Gasteiger partial charge is 0.331 e. The highest BCUT2D eigenvalue weighted by molar-refractivity contribution is 7.98. The molecular weight excluding hydrogens is 346 g/mol. The van der Waals surface area contributed by atoms with E-state index < -0.39 is 5.97 Å². The van der Waals surface area contributed by atoms with Crippen LogP contribution in [-0.4, -0.2) is 24.7 Å². The average molecular weight is 362 g/mol. The molecule has 0 bridgehead atoms. The van der Waals surface area contributed by atoms with Crippen molar-refractivity contribution in [2.24, 2.45) is 0 Å². The van der Waals surface area contributed by atoms with Crippen LogP contribution in [0.5, 0.6) is 0 Å². The molecule has 2 rings (SSSR count). The van der Waals surface area contributed by atoms with Crippen LogP contribution in [0.4, 0.5) is 5.69 Å². The minimum Gasteiger partial charge on any atom is -0.452 e. The molecule has 1 amide bonds. The van der Waals surface area contributed by atoms with Crippen molar-refractivity contribution in [3.8, 4) is 0 Å². The van der Waals surface area contributed by atoms with E-state index in [0.29, 0.717) is 10.7 Å². The first kappa shape index (κ1) is 18.1. The molecule has 0 heterocycles. The predicted molar refractivity (Wildman–Crippen MR) is 98.3 cm³/mol. The van der Waals surface area contributed by atoms with Crippen molar-refractivity contribution in [3.63, 3.8) is 0 Å². The van der Waals surface area contributed by atoms with Gasteiger partial charge in [0, 0.05) is 16.0 Å². The molecule has 0 fully saturated rings. The Morgan fingerprint density at radius 3 is 2.58 bits per heavy atom. The number of carbonyl (C=O) groups excluding carboxylic acids is 2. The van der Waals surface area contributed by atoms with Gasteiger partial charge in [0.1, 0.15) is 0 Å². The van der Waals surface area contributed by atoms with E-state index in [4.69, 9.17) is 16.3 Å². The molecule has 1 N–H and O–H groups in total. The molecule has 0 radical (unpaired) electrons. The molecule has 0 saturated heterocycles. The lowest BCUT2D eigenvalue weighted by Gasteiger charge is -2.08. The highest BCUT2D eigenvalue weighted by Gasteiger charge is 2.08. The molecule has 4 nitrogen and oxygen atoms in total. The van der Waals surface area contributed by atoms with Gasteiger partial charge in [0.05, 0.1) is 5.69 Å². The SMILES string of the molecule is CSc1ccccc1NC(=O)COC(=O)/C=C/c1ccc(Cl)cc1. The number of amides is 1. The summed E-state index contributed by atoms with van der Waals surface area (Å²) < 4.78 is 4.92. The van der Waals surface area contributed by atoms with E-state index in [9.17, 15) is 9.59 Å². The molecule has 0 unspecified atom stereocenters. The number of benzene rings is 2. The fourth-order valence-corrected chi connectivity index (χ4v) is 2.54. The molecule has 0 saturated carbocycles. The monoisotopic (exact) mass is 361 g/mol. The number of hydrogen-bond donors (Lipinski definition) is 1. The maximum absolute atomic E-state index is 11.9. The lowest BCUT2D eigenvalue weighted by Crippen LogP contribution is -2.20. The first-order valence-electron chi connectivity index (χ1n) is 7.12. The van der Waals surface area contributed by atoms with Crippen LogP contribution in [0.3, 0.4) is 0 Å². The van der Waals surface area contributed by atoms with Crippen molar-refractivity contribution >= 4 is 47.0 Å². The van der Waals surface area contributed by atoms with Crippen molar-refractivity contribution in [3.05, 3.63) is 65.2 Å². The minimum atomic E-state index is -0.585. The second kappa shape index (κ2) is 9.15. The number of hydrogen-bond acceptors (Lipinski definition) is 4.